The lowest BCUT2D eigenvalue weighted by Gasteiger charge is -2.15. The van der Waals surface area contributed by atoms with Crippen LogP contribution in [0.4, 0.5) is 0 Å². The molecule has 1 fully saturated rings. The predicted octanol–water partition coefficient (Wildman–Crippen LogP) is 2.29. The van der Waals surface area contributed by atoms with Gasteiger partial charge in [0, 0.05) is 26.4 Å². The Labute approximate surface area is 163 Å². The minimum absolute atomic E-state index is 0.124. The molecule has 3 aromatic heterocycles. The summed E-state index contributed by atoms with van der Waals surface area (Å²) in [5.41, 5.74) is 1.29. The fraction of sp³-hybridized carbons (Fsp3) is 0.389. The molecule has 4 rings (SSSR count). The molecule has 1 saturated heterocycles. The zero-order valence-electron chi connectivity index (χ0n) is 14.8. The van der Waals surface area contributed by atoms with Crippen molar-refractivity contribution in [2.24, 2.45) is 0 Å². The number of furan rings is 1. The van der Waals surface area contributed by atoms with Gasteiger partial charge in [0.05, 0.1) is 24.7 Å². The molecule has 0 radical (unpaired) electrons. The number of likely N-dealkylation sites (tertiary alicyclic amines) is 1. The monoisotopic (exact) mass is 434 g/mol. The van der Waals surface area contributed by atoms with Crippen molar-refractivity contribution in [2.75, 3.05) is 26.8 Å². The van der Waals surface area contributed by atoms with E-state index in [1.54, 1.807) is 39.5 Å². The smallest absolute Gasteiger partial charge is 0.330 e. The Bertz CT molecular complexity index is 1040. The number of halogens is 1. The SMILES string of the molecule is COCCn1c(=O)n([C@@H]2CCN(C(=O)c3ccc(Br)o3)C2)c2ncccc21. The lowest BCUT2D eigenvalue weighted by atomic mass is 10.2. The van der Waals surface area contributed by atoms with Crippen LogP contribution < -0.4 is 5.69 Å². The van der Waals surface area contributed by atoms with Gasteiger partial charge in [0.2, 0.25) is 0 Å². The second kappa shape index (κ2) is 7.32. The molecule has 0 bridgehead atoms. The van der Waals surface area contributed by atoms with Crippen molar-refractivity contribution >= 4 is 33.0 Å². The molecule has 27 heavy (non-hydrogen) atoms. The van der Waals surface area contributed by atoms with E-state index in [1.807, 2.05) is 12.1 Å². The molecule has 0 N–H and O–H groups in total. The van der Waals surface area contributed by atoms with Crippen LogP contribution in [0.25, 0.3) is 11.2 Å². The summed E-state index contributed by atoms with van der Waals surface area (Å²) in [5, 5.41) is 0. The Hall–Kier alpha value is -2.39. The summed E-state index contributed by atoms with van der Waals surface area (Å²) in [6.45, 7) is 1.90. The summed E-state index contributed by atoms with van der Waals surface area (Å²) in [7, 11) is 1.61. The molecular formula is C18H19BrN4O4. The lowest BCUT2D eigenvalue weighted by molar-refractivity contribution is 0.0754. The maximum Gasteiger partial charge on any atom is 0.330 e. The summed E-state index contributed by atoms with van der Waals surface area (Å²) in [6.07, 6.45) is 2.37. The molecule has 9 heteroatoms. The second-order valence-corrected chi connectivity index (χ2v) is 7.22. The number of carbonyl (C=O) groups excluding carboxylic acids is 1. The first kappa shape index (κ1) is 18.0. The number of ether oxygens (including phenoxy) is 1. The third kappa shape index (κ3) is 3.21. The summed E-state index contributed by atoms with van der Waals surface area (Å²) >= 11 is 3.21. The van der Waals surface area contributed by atoms with E-state index < -0.39 is 0 Å². The van der Waals surface area contributed by atoms with Gasteiger partial charge in [0.1, 0.15) is 0 Å². The number of aromatic nitrogens is 3. The van der Waals surface area contributed by atoms with Gasteiger partial charge >= 0.3 is 5.69 Å². The molecule has 4 heterocycles. The number of amides is 1. The van der Waals surface area contributed by atoms with Crippen LogP contribution in [0.5, 0.6) is 0 Å². The molecule has 1 aliphatic rings. The predicted molar refractivity (Wildman–Crippen MR) is 102 cm³/mol. The molecule has 1 atom stereocenters. The van der Waals surface area contributed by atoms with E-state index in [-0.39, 0.29) is 23.4 Å². The van der Waals surface area contributed by atoms with Crippen molar-refractivity contribution in [3.8, 4) is 0 Å². The summed E-state index contributed by atoms with van der Waals surface area (Å²) < 4.78 is 14.4. The Morgan fingerprint density at radius 3 is 3.00 bits per heavy atom. The number of nitrogens with zero attached hydrogens (tertiary/aromatic N) is 4. The first-order chi connectivity index (χ1) is 13.1. The highest BCUT2D eigenvalue weighted by Gasteiger charge is 2.32. The fourth-order valence-corrected chi connectivity index (χ4v) is 3.86. The number of pyridine rings is 1. The van der Waals surface area contributed by atoms with E-state index >= 15 is 0 Å². The van der Waals surface area contributed by atoms with Gasteiger partial charge in [0.25, 0.3) is 5.91 Å². The molecule has 0 saturated carbocycles. The molecule has 8 nitrogen and oxygen atoms in total. The normalized spacial score (nSPS) is 17.1. The van der Waals surface area contributed by atoms with Crippen LogP contribution in [-0.2, 0) is 11.3 Å². The molecule has 1 aliphatic heterocycles. The van der Waals surface area contributed by atoms with Crippen LogP contribution in [0.1, 0.15) is 23.0 Å². The summed E-state index contributed by atoms with van der Waals surface area (Å²) in [4.78, 5) is 31.8. The number of methoxy groups -OCH3 is 1. The third-order valence-corrected chi connectivity index (χ3v) is 5.27. The third-order valence-electron chi connectivity index (χ3n) is 4.84. The Kier molecular flexibility index (Phi) is 4.88. The van der Waals surface area contributed by atoms with Gasteiger partial charge < -0.3 is 14.1 Å². The lowest BCUT2D eigenvalue weighted by Crippen LogP contribution is -2.32. The standard InChI is InChI=1S/C18H19BrN4O4/c1-26-10-9-22-13-3-2-7-20-16(13)23(18(22)25)12-6-8-21(11-12)17(24)14-4-5-15(19)27-14/h2-5,7,12H,6,8-11H2,1H3/t12-/m1/s1. The fourth-order valence-electron chi connectivity index (χ4n) is 3.56. The molecule has 142 valence electrons. The minimum Gasteiger partial charge on any atom is -0.444 e. The molecule has 0 spiro atoms. The number of hydrogen-bond donors (Lipinski definition) is 0. The van der Waals surface area contributed by atoms with Crippen LogP contribution in [0, 0.1) is 0 Å². The van der Waals surface area contributed by atoms with E-state index in [9.17, 15) is 9.59 Å². The van der Waals surface area contributed by atoms with Crippen molar-refractivity contribution in [1.82, 2.24) is 19.0 Å². The maximum absolute atomic E-state index is 13.0. The summed E-state index contributed by atoms with van der Waals surface area (Å²) in [6, 6.07) is 6.91. The average Bonchev–Trinajstić information content (AvgIpc) is 3.37. The van der Waals surface area contributed by atoms with Gasteiger partial charge in [0.15, 0.2) is 16.1 Å². The highest BCUT2D eigenvalue weighted by atomic mass is 79.9. The Morgan fingerprint density at radius 2 is 2.26 bits per heavy atom. The number of imidazole rings is 1. The molecule has 1 amide bonds. The van der Waals surface area contributed by atoms with E-state index in [2.05, 4.69) is 20.9 Å². The Morgan fingerprint density at radius 1 is 1.41 bits per heavy atom. The van der Waals surface area contributed by atoms with Gasteiger partial charge in [-0.2, -0.15) is 0 Å². The molecule has 0 unspecified atom stereocenters. The van der Waals surface area contributed by atoms with Crippen LogP contribution >= 0.6 is 15.9 Å². The number of carbonyl (C=O) groups is 1. The van der Waals surface area contributed by atoms with Gasteiger partial charge in [-0.3, -0.25) is 13.9 Å². The highest BCUT2D eigenvalue weighted by molar-refractivity contribution is 9.10. The van der Waals surface area contributed by atoms with Crippen LogP contribution in [0.2, 0.25) is 0 Å². The molecular weight excluding hydrogens is 416 g/mol. The van der Waals surface area contributed by atoms with Crippen molar-refractivity contribution in [3.63, 3.8) is 0 Å². The van der Waals surface area contributed by atoms with Crippen molar-refractivity contribution < 1.29 is 13.9 Å². The van der Waals surface area contributed by atoms with E-state index in [1.165, 1.54) is 0 Å². The zero-order valence-corrected chi connectivity index (χ0v) is 16.4. The first-order valence-corrected chi connectivity index (χ1v) is 9.48. The van der Waals surface area contributed by atoms with Gasteiger partial charge in [-0.05, 0) is 46.6 Å². The first-order valence-electron chi connectivity index (χ1n) is 8.69. The topological polar surface area (TPSA) is 82.5 Å². The number of fused-ring (bicyclic) bond motifs is 1. The van der Waals surface area contributed by atoms with Crippen molar-refractivity contribution in [3.05, 3.63) is 51.4 Å². The number of hydrogen-bond acceptors (Lipinski definition) is 5. The molecule has 3 aromatic rings. The van der Waals surface area contributed by atoms with Crippen molar-refractivity contribution in [2.45, 2.75) is 19.0 Å². The number of rotatable bonds is 5. The van der Waals surface area contributed by atoms with Gasteiger partial charge in [-0.1, -0.05) is 0 Å². The minimum atomic E-state index is -0.174. The average molecular weight is 435 g/mol. The van der Waals surface area contributed by atoms with Gasteiger partial charge in [-0.15, -0.1) is 0 Å². The molecule has 0 aromatic carbocycles. The Balaban J connectivity index is 1.64. The van der Waals surface area contributed by atoms with Gasteiger partial charge in [-0.25, -0.2) is 9.78 Å². The van der Waals surface area contributed by atoms with Crippen LogP contribution in [-0.4, -0.2) is 51.7 Å². The highest BCUT2D eigenvalue weighted by Crippen LogP contribution is 2.26. The summed E-state index contributed by atoms with van der Waals surface area (Å²) in [5.74, 6) is 0.114. The zero-order chi connectivity index (χ0) is 19.0. The maximum atomic E-state index is 13.0. The largest absolute Gasteiger partial charge is 0.444 e. The van der Waals surface area contributed by atoms with Crippen LogP contribution in [0.3, 0.4) is 0 Å². The molecule has 0 aliphatic carbocycles. The van der Waals surface area contributed by atoms with Crippen LogP contribution in [0.15, 0.2) is 44.3 Å². The second-order valence-electron chi connectivity index (χ2n) is 6.44. The van der Waals surface area contributed by atoms with E-state index in [0.29, 0.717) is 43.0 Å². The van der Waals surface area contributed by atoms with E-state index in [4.69, 9.17) is 9.15 Å². The van der Waals surface area contributed by atoms with Crippen molar-refractivity contribution in [1.29, 1.82) is 0 Å². The van der Waals surface area contributed by atoms with E-state index in [0.717, 1.165) is 5.52 Å². The quantitative estimate of drug-likeness (QED) is 0.614.